The molecule has 7 nitrogen and oxygen atoms in total. The number of hydrogen-bond acceptors (Lipinski definition) is 4. The van der Waals surface area contributed by atoms with Gasteiger partial charge in [0.15, 0.2) is 0 Å². The zero-order chi connectivity index (χ0) is 19.9. The van der Waals surface area contributed by atoms with Gasteiger partial charge < -0.3 is 9.47 Å². The lowest BCUT2D eigenvalue weighted by atomic mass is 10.0. The Labute approximate surface area is 152 Å². The Morgan fingerprint density at radius 2 is 1.85 bits per heavy atom. The van der Waals surface area contributed by atoms with E-state index in [1.54, 1.807) is 0 Å². The normalized spacial score (nSPS) is 13.9. The highest BCUT2D eigenvalue weighted by atomic mass is 19.4. The van der Waals surface area contributed by atoms with E-state index in [4.69, 9.17) is 0 Å². The van der Waals surface area contributed by atoms with Crippen molar-refractivity contribution in [2.24, 2.45) is 0 Å². The zero-order valence-corrected chi connectivity index (χ0v) is 14.4. The van der Waals surface area contributed by atoms with Gasteiger partial charge in [-0.25, -0.2) is 4.98 Å². The number of carbonyl (C=O) groups excluding carboxylic acids is 3. The molecule has 0 radical (unpaired) electrons. The molecule has 0 spiro atoms. The summed E-state index contributed by atoms with van der Waals surface area (Å²) in [5.41, 5.74) is 0.490. The van der Waals surface area contributed by atoms with Crippen molar-refractivity contribution < 1.29 is 27.6 Å². The van der Waals surface area contributed by atoms with Gasteiger partial charge in [-0.15, -0.1) is 0 Å². The maximum absolute atomic E-state index is 12.6. The van der Waals surface area contributed by atoms with Gasteiger partial charge in [0.1, 0.15) is 12.4 Å². The Bertz CT molecular complexity index is 936. The largest absolute Gasteiger partial charge is 0.406 e. The van der Waals surface area contributed by atoms with Crippen molar-refractivity contribution in [2.45, 2.75) is 19.3 Å². The predicted octanol–water partition coefficient (Wildman–Crippen LogP) is 1.94. The van der Waals surface area contributed by atoms with Gasteiger partial charge in [0, 0.05) is 32.1 Å². The molecule has 2 heterocycles. The van der Waals surface area contributed by atoms with Crippen LogP contribution in [-0.2, 0) is 13.1 Å². The monoisotopic (exact) mass is 380 g/mol. The van der Waals surface area contributed by atoms with Gasteiger partial charge >= 0.3 is 6.18 Å². The van der Waals surface area contributed by atoms with E-state index in [0.29, 0.717) is 0 Å². The Kier molecular flexibility index (Phi) is 4.50. The minimum Gasteiger partial charge on any atom is -0.334 e. The third-order valence-corrected chi connectivity index (χ3v) is 4.21. The number of imidazole rings is 1. The summed E-state index contributed by atoms with van der Waals surface area (Å²) in [6.45, 7) is -1.35. The molecule has 1 aromatic carbocycles. The smallest absolute Gasteiger partial charge is 0.334 e. The number of amides is 3. The topological polar surface area (TPSA) is 75.5 Å². The number of rotatable bonds is 4. The van der Waals surface area contributed by atoms with Crippen LogP contribution in [0, 0.1) is 0 Å². The summed E-state index contributed by atoms with van der Waals surface area (Å²) in [5, 5.41) is 0. The van der Waals surface area contributed by atoms with Gasteiger partial charge in [-0.05, 0) is 18.2 Å². The minimum absolute atomic E-state index is 0.0790. The van der Waals surface area contributed by atoms with Crippen molar-refractivity contribution in [3.8, 4) is 0 Å². The number of nitrogens with zero attached hydrogens (tertiary/aromatic N) is 4. The molecule has 1 aliphatic heterocycles. The maximum atomic E-state index is 12.6. The van der Waals surface area contributed by atoms with E-state index in [2.05, 4.69) is 4.98 Å². The molecule has 0 bridgehead atoms. The fraction of sp³-hybridized carbons (Fsp3) is 0.294. The molecule has 0 saturated carbocycles. The second kappa shape index (κ2) is 6.53. The molecule has 0 aliphatic carbocycles. The van der Waals surface area contributed by atoms with Crippen LogP contribution in [0.4, 0.5) is 13.2 Å². The van der Waals surface area contributed by atoms with E-state index >= 15 is 0 Å². The lowest BCUT2D eigenvalue weighted by Gasteiger charge is -2.18. The molecule has 2 aromatic rings. The number of aromatic nitrogens is 2. The number of benzene rings is 1. The molecular formula is C17H15F3N4O3. The molecule has 3 rings (SSSR count). The third kappa shape index (κ3) is 3.55. The molecule has 27 heavy (non-hydrogen) atoms. The molecular weight excluding hydrogens is 365 g/mol. The molecule has 10 heteroatoms. The quantitative estimate of drug-likeness (QED) is 0.760. The van der Waals surface area contributed by atoms with Gasteiger partial charge in [0.25, 0.3) is 17.7 Å². The van der Waals surface area contributed by atoms with Crippen LogP contribution in [0.2, 0.25) is 0 Å². The number of imide groups is 1. The van der Waals surface area contributed by atoms with Crippen LogP contribution in [0.25, 0.3) is 0 Å². The summed E-state index contributed by atoms with van der Waals surface area (Å²) in [7, 11) is 2.76. The number of fused-ring (bicyclic) bond motifs is 1. The first kappa shape index (κ1) is 18.6. The number of hydrogen-bond donors (Lipinski definition) is 0. The summed E-state index contributed by atoms with van der Waals surface area (Å²) in [4.78, 5) is 42.6. The maximum Gasteiger partial charge on any atom is 0.406 e. The van der Waals surface area contributed by atoms with Crippen LogP contribution in [0.1, 0.15) is 36.9 Å². The van der Waals surface area contributed by atoms with Crippen LogP contribution in [-0.4, -0.2) is 57.3 Å². The highest BCUT2D eigenvalue weighted by Crippen LogP contribution is 2.24. The Balaban J connectivity index is 1.79. The van der Waals surface area contributed by atoms with E-state index in [1.807, 2.05) is 0 Å². The Morgan fingerprint density at radius 3 is 2.52 bits per heavy atom. The van der Waals surface area contributed by atoms with Crippen molar-refractivity contribution in [1.29, 1.82) is 0 Å². The molecule has 0 N–H and O–H groups in total. The first-order chi connectivity index (χ1) is 12.6. The van der Waals surface area contributed by atoms with Crippen LogP contribution in [0.3, 0.4) is 0 Å². The van der Waals surface area contributed by atoms with Crippen LogP contribution in [0.5, 0.6) is 0 Å². The summed E-state index contributed by atoms with van der Waals surface area (Å²) < 4.78 is 38.7. The third-order valence-electron chi connectivity index (χ3n) is 4.21. The van der Waals surface area contributed by atoms with Crippen molar-refractivity contribution in [2.75, 3.05) is 14.1 Å². The average Bonchev–Trinajstić information content (AvgIpc) is 3.11. The zero-order valence-electron chi connectivity index (χ0n) is 14.4. The van der Waals surface area contributed by atoms with Crippen molar-refractivity contribution >= 4 is 17.7 Å². The van der Waals surface area contributed by atoms with E-state index in [-0.39, 0.29) is 29.1 Å². The van der Waals surface area contributed by atoms with Gasteiger partial charge in [-0.3, -0.25) is 19.3 Å². The summed E-state index contributed by atoms with van der Waals surface area (Å²) in [6.07, 6.45) is -1.98. The highest BCUT2D eigenvalue weighted by Gasteiger charge is 2.33. The predicted molar refractivity (Wildman–Crippen MR) is 86.9 cm³/mol. The van der Waals surface area contributed by atoms with Gasteiger partial charge in [0.05, 0.1) is 17.7 Å². The second-order valence-corrected chi connectivity index (χ2v) is 6.18. The Hall–Kier alpha value is -3.17. The van der Waals surface area contributed by atoms with Crippen LogP contribution < -0.4 is 0 Å². The number of alkyl halides is 3. The SMILES string of the molecule is CN(Cc1nccn1CC(F)(F)F)C(=O)c1ccc2c(c1)C(=O)N(C)C2=O. The summed E-state index contributed by atoms with van der Waals surface area (Å²) in [6, 6.07) is 4.12. The first-order valence-electron chi connectivity index (χ1n) is 7.87. The molecule has 0 fully saturated rings. The fourth-order valence-electron chi connectivity index (χ4n) is 2.83. The average molecular weight is 380 g/mol. The second-order valence-electron chi connectivity index (χ2n) is 6.18. The fourth-order valence-corrected chi connectivity index (χ4v) is 2.83. The number of carbonyl (C=O) groups is 3. The van der Waals surface area contributed by atoms with Gasteiger partial charge in [-0.1, -0.05) is 0 Å². The Morgan fingerprint density at radius 1 is 1.19 bits per heavy atom. The molecule has 1 aromatic heterocycles. The molecule has 1 aliphatic rings. The standard InChI is InChI=1S/C17H15F3N4O3/c1-22(8-13-21-5-6-24(13)9-17(18,19)20)14(25)10-3-4-11-12(7-10)16(27)23(2)15(11)26/h3-7H,8-9H2,1-2H3. The lowest BCUT2D eigenvalue weighted by molar-refractivity contribution is -0.141. The number of halogens is 3. The summed E-state index contributed by atoms with van der Waals surface area (Å²) in [5.74, 6) is -1.38. The lowest BCUT2D eigenvalue weighted by Crippen LogP contribution is -2.29. The summed E-state index contributed by atoms with van der Waals surface area (Å²) >= 11 is 0. The van der Waals surface area contributed by atoms with Crippen molar-refractivity contribution in [1.82, 2.24) is 19.4 Å². The highest BCUT2D eigenvalue weighted by molar-refractivity contribution is 6.21. The molecule has 3 amide bonds. The van der Waals surface area contributed by atoms with E-state index in [1.165, 1.54) is 49.6 Å². The van der Waals surface area contributed by atoms with Crippen molar-refractivity contribution in [3.63, 3.8) is 0 Å². The first-order valence-corrected chi connectivity index (χ1v) is 7.87. The minimum atomic E-state index is -4.41. The van der Waals surface area contributed by atoms with E-state index < -0.39 is 30.4 Å². The molecule has 142 valence electrons. The van der Waals surface area contributed by atoms with E-state index in [9.17, 15) is 27.6 Å². The molecule has 0 unspecified atom stereocenters. The van der Waals surface area contributed by atoms with Crippen LogP contribution >= 0.6 is 0 Å². The van der Waals surface area contributed by atoms with Gasteiger partial charge in [-0.2, -0.15) is 13.2 Å². The molecule has 0 saturated heterocycles. The van der Waals surface area contributed by atoms with Crippen LogP contribution in [0.15, 0.2) is 30.6 Å². The van der Waals surface area contributed by atoms with Crippen molar-refractivity contribution in [3.05, 3.63) is 53.1 Å². The molecule has 0 atom stereocenters. The van der Waals surface area contributed by atoms with Gasteiger partial charge in [0.2, 0.25) is 0 Å². The van der Waals surface area contributed by atoms with E-state index in [0.717, 1.165) is 9.47 Å².